The van der Waals surface area contributed by atoms with Crippen LogP contribution in [0.1, 0.15) is 16.3 Å². The predicted octanol–water partition coefficient (Wildman–Crippen LogP) is -0.177. The van der Waals surface area contributed by atoms with Gasteiger partial charge < -0.3 is 15.2 Å². The van der Waals surface area contributed by atoms with E-state index < -0.39 is 0 Å². The van der Waals surface area contributed by atoms with Crippen molar-refractivity contribution in [2.75, 3.05) is 13.1 Å². The van der Waals surface area contributed by atoms with E-state index in [1.165, 1.54) is 12.4 Å². The number of carbonyl (C=O) groups is 1. The molecule has 2 aromatic heterocycles. The highest BCUT2D eigenvalue weighted by atomic mass is 16.1. The standard InChI is InChI=1S/C13H16N6O/c20-13(11-7-14-1-2-16-11)18-6-10-5-15-8-12-17-3-4-19(12)9-10/h1-4,7,10,15H,5-6,8-9H2,(H,18,20)/t10-/m0/s1. The monoisotopic (exact) mass is 272 g/mol. The summed E-state index contributed by atoms with van der Waals surface area (Å²) in [5.74, 6) is 1.17. The van der Waals surface area contributed by atoms with Gasteiger partial charge in [-0.25, -0.2) is 9.97 Å². The lowest BCUT2D eigenvalue weighted by Gasteiger charge is -2.15. The van der Waals surface area contributed by atoms with E-state index in [9.17, 15) is 4.79 Å². The summed E-state index contributed by atoms with van der Waals surface area (Å²) >= 11 is 0. The molecule has 0 aliphatic carbocycles. The zero-order valence-corrected chi connectivity index (χ0v) is 11.0. The molecule has 0 spiro atoms. The SMILES string of the molecule is O=C(NC[C@@H]1CNCc2nccn2C1)c1cnccn1. The number of nitrogens with one attached hydrogen (secondary N) is 2. The van der Waals surface area contributed by atoms with Gasteiger partial charge in [-0.15, -0.1) is 0 Å². The zero-order valence-electron chi connectivity index (χ0n) is 11.0. The number of fused-ring (bicyclic) bond motifs is 1. The molecule has 0 saturated heterocycles. The average Bonchev–Trinajstić information content (AvgIpc) is 2.83. The maximum atomic E-state index is 11.9. The molecule has 2 aromatic rings. The van der Waals surface area contributed by atoms with E-state index in [-0.39, 0.29) is 5.91 Å². The molecule has 2 N–H and O–H groups in total. The number of amides is 1. The molecule has 3 rings (SSSR count). The van der Waals surface area contributed by atoms with Crippen molar-refractivity contribution in [1.82, 2.24) is 30.2 Å². The molecule has 1 aliphatic heterocycles. The smallest absolute Gasteiger partial charge is 0.271 e. The number of rotatable bonds is 3. The minimum absolute atomic E-state index is 0.187. The first kappa shape index (κ1) is 12.7. The third-order valence-electron chi connectivity index (χ3n) is 3.32. The summed E-state index contributed by atoms with van der Waals surface area (Å²) in [6.07, 6.45) is 8.30. The summed E-state index contributed by atoms with van der Waals surface area (Å²) in [6, 6.07) is 0. The van der Waals surface area contributed by atoms with Crippen molar-refractivity contribution in [2.45, 2.75) is 13.1 Å². The van der Waals surface area contributed by atoms with Gasteiger partial charge in [-0.1, -0.05) is 0 Å². The maximum Gasteiger partial charge on any atom is 0.271 e. The van der Waals surface area contributed by atoms with E-state index in [0.717, 1.165) is 25.5 Å². The molecule has 0 radical (unpaired) electrons. The average molecular weight is 272 g/mol. The Morgan fingerprint density at radius 2 is 2.35 bits per heavy atom. The summed E-state index contributed by atoms with van der Waals surface area (Å²) in [4.78, 5) is 24.1. The molecule has 0 bridgehead atoms. The first-order chi connectivity index (χ1) is 9.83. The topological polar surface area (TPSA) is 84.7 Å². The molecule has 20 heavy (non-hydrogen) atoms. The maximum absolute atomic E-state index is 11.9. The van der Waals surface area contributed by atoms with Gasteiger partial charge in [0, 0.05) is 50.3 Å². The lowest BCUT2D eigenvalue weighted by Crippen LogP contribution is -2.35. The quantitative estimate of drug-likeness (QED) is 0.810. The number of hydrogen-bond acceptors (Lipinski definition) is 5. The molecule has 0 aromatic carbocycles. The van der Waals surface area contributed by atoms with Gasteiger partial charge in [0.05, 0.1) is 12.7 Å². The Hall–Kier alpha value is -2.28. The van der Waals surface area contributed by atoms with Crippen LogP contribution in [0, 0.1) is 5.92 Å². The number of nitrogens with zero attached hydrogens (tertiary/aromatic N) is 4. The van der Waals surface area contributed by atoms with Crippen LogP contribution in [0.25, 0.3) is 0 Å². The third-order valence-corrected chi connectivity index (χ3v) is 3.32. The largest absolute Gasteiger partial charge is 0.350 e. The lowest BCUT2D eigenvalue weighted by atomic mass is 10.1. The molecule has 0 unspecified atom stereocenters. The third kappa shape index (κ3) is 2.83. The van der Waals surface area contributed by atoms with Gasteiger partial charge in [0.15, 0.2) is 0 Å². The molecule has 1 atom stereocenters. The predicted molar refractivity (Wildman–Crippen MR) is 71.8 cm³/mol. The second-order valence-corrected chi connectivity index (χ2v) is 4.79. The number of hydrogen-bond donors (Lipinski definition) is 2. The minimum Gasteiger partial charge on any atom is -0.350 e. The molecule has 7 nitrogen and oxygen atoms in total. The molecule has 1 amide bonds. The van der Waals surface area contributed by atoms with E-state index in [4.69, 9.17) is 0 Å². The van der Waals surface area contributed by atoms with E-state index in [1.807, 2.05) is 6.20 Å². The van der Waals surface area contributed by atoms with Gasteiger partial charge in [0.2, 0.25) is 0 Å². The Morgan fingerprint density at radius 3 is 3.20 bits per heavy atom. The summed E-state index contributed by atoms with van der Waals surface area (Å²) in [5.41, 5.74) is 0.345. The van der Waals surface area contributed by atoms with E-state index in [1.54, 1.807) is 12.4 Å². The van der Waals surface area contributed by atoms with Gasteiger partial charge in [-0.05, 0) is 0 Å². The molecule has 104 valence electrons. The fourth-order valence-corrected chi connectivity index (χ4v) is 2.28. The number of aromatic nitrogens is 4. The second kappa shape index (κ2) is 5.79. The summed E-state index contributed by atoms with van der Waals surface area (Å²) in [6.45, 7) is 3.06. The van der Waals surface area contributed by atoms with Crippen molar-refractivity contribution in [3.63, 3.8) is 0 Å². The molecule has 3 heterocycles. The number of imidazole rings is 1. The van der Waals surface area contributed by atoms with Crippen LogP contribution in [0.4, 0.5) is 0 Å². The van der Waals surface area contributed by atoms with Crippen molar-refractivity contribution < 1.29 is 4.79 Å². The van der Waals surface area contributed by atoms with E-state index in [2.05, 4.69) is 30.2 Å². The van der Waals surface area contributed by atoms with Crippen LogP contribution in [-0.2, 0) is 13.1 Å². The first-order valence-corrected chi connectivity index (χ1v) is 6.58. The molecular formula is C13H16N6O. The second-order valence-electron chi connectivity index (χ2n) is 4.79. The highest BCUT2D eigenvalue weighted by molar-refractivity contribution is 5.91. The van der Waals surface area contributed by atoms with Crippen LogP contribution in [0.3, 0.4) is 0 Å². The molecule has 1 aliphatic rings. The molecule has 7 heteroatoms. The van der Waals surface area contributed by atoms with Crippen LogP contribution >= 0.6 is 0 Å². The van der Waals surface area contributed by atoms with Gasteiger partial charge in [0.1, 0.15) is 11.5 Å². The van der Waals surface area contributed by atoms with Crippen LogP contribution in [0.15, 0.2) is 31.0 Å². The summed E-state index contributed by atoms with van der Waals surface area (Å²) in [7, 11) is 0. The summed E-state index contributed by atoms with van der Waals surface area (Å²) < 4.78 is 2.12. The Kier molecular flexibility index (Phi) is 3.69. The molecule has 0 saturated carbocycles. The van der Waals surface area contributed by atoms with Gasteiger partial charge in [-0.3, -0.25) is 9.78 Å². The lowest BCUT2D eigenvalue weighted by molar-refractivity contribution is 0.0940. The van der Waals surface area contributed by atoms with E-state index >= 15 is 0 Å². The highest BCUT2D eigenvalue weighted by Gasteiger charge is 2.17. The van der Waals surface area contributed by atoms with Crippen molar-refractivity contribution in [3.8, 4) is 0 Å². The number of carbonyl (C=O) groups excluding carboxylic acids is 1. The Bertz CT molecular complexity index is 582. The van der Waals surface area contributed by atoms with Crippen molar-refractivity contribution >= 4 is 5.91 Å². The zero-order chi connectivity index (χ0) is 13.8. The fourth-order valence-electron chi connectivity index (χ4n) is 2.28. The Balaban J connectivity index is 1.58. The van der Waals surface area contributed by atoms with Crippen LogP contribution in [-0.4, -0.2) is 38.5 Å². The molecule has 0 fully saturated rings. The van der Waals surface area contributed by atoms with Crippen LogP contribution in [0.2, 0.25) is 0 Å². The van der Waals surface area contributed by atoms with Crippen molar-refractivity contribution in [3.05, 3.63) is 42.5 Å². The highest BCUT2D eigenvalue weighted by Crippen LogP contribution is 2.08. The van der Waals surface area contributed by atoms with Crippen molar-refractivity contribution in [2.24, 2.45) is 5.92 Å². The van der Waals surface area contributed by atoms with Crippen molar-refractivity contribution in [1.29, 1.82) is 0 Å². The van der Waals surface area contributed by atoms with Gasteiger partial charge >= 0.3 is 0 Å². The van der Waals surface area contributed by atoms with Gasteiger partial charge in [-0.2, -0.15) is 0 Å². The van der Waals surface area contributed by atoms with E-state index in [0.29, 0.717) is 18.2 Å². The first-order valence-electron chi connectivity index (χ1n) is 6.58. The summed E-state index contributed by atoms with van der Waals surface area (Å²) in [5, 5.41) is 6.24. The van der Waals surface area contributed by atoms with Gasteiger partial charge in [0.25, 0.3) is 5.91 Å². The normalized spacial score (nSPS) is 18.1. The Morgan fingerprint density at radius 1 is 1.40 bits per heavy atom. The van der Waals surface area contributed by atoms with Crippen LogP contribution < -0.4 is 10.6 Å². The van der Waals surface area contributed by atoms with Crippen LogP contribution in [0.5, 0.6) is 0 Å². The Labute approximate surface area is 116 Å². The fraction of sp³-hybridized carbons (Fsp3) is 0.385. The molecular weight excluding hydrogens is 256 g/mol. The minimum atomic E-state index is -0.187.